The summed E-state index contributed by atoms with van der Waals surface area (Å²) in [6, 6.07) is 4.92. The van der Waals surface area contributed by atoms with Crippen LogP contribution < -0.4 is 5.32 Å². The molecule has 0 bridgehead atoms. The van der Waals surface area contributed by atoms with E-state index in [4.69, 9.17) is 0 Å². The Morgan fingerprint density at radius 3 is 2.52 bits per heavy atom. The maximum atomic E-state index is 13.3. The van der Waals surface area contributed by atoms with E-state index in [0.717, 1.165) is 22.6 Å². The summed E-state index contributed by atoms with van der Waals surface area (Å²) in [5, 5.41) is 9.44. The number of aromatic nitrogens is 3. The van der Waals surface area contributed by atoms with E-state index >= 15 is 0 Å². The number of hydrogen-bond acceptors (Lipinski definition) is 3. The SMILES string of the molecule is Cc1n[nH]c(C)c1-c1ccc(C(=O)N2CC[C@H](C(=O)Nc3cc(F)c(F)c(F)c3)C2)[nH]1. The van der Waals surface area contributed by atoms with Crippen molar-refractivity contribution >= 4 is 17.5 Å². The Morgan fingerprint density at radius 2 is 1.87 bits per heavy atom. The first kappa shape index (κ1) is 20.7. The number of hydrogen-bond donors (Lipinski definition) is 3. The molecule has 31 heavy (non-hydrogen) atoms. The van der Waals surface area contributed by atoms with Crippen molar-refractivity contribution in [3.63, 3.8) is 0 Å². The van der Waals surface area contributed by atoms with E-state index in [9.17, 15) is 22.8 Å². The van der Waals surface area contributed by atoms with Crippen molar-refractivity contribution in [2.24, 2.45) is 5.92 Å². The van der Waals surface area contributed by atoms with Crippen LogP contribution in [0.1, 0.15) is 28.3 Å². The lowest BCUT2D eigenvalue weighted by Gasteiger charge is -2.16. The van der Waals surface area contributed by atoms with Gasteiger partial charge >= 0.3 is 0 Å². The Kier molecular flexibility index (Phi) is 5.30. The topological polar surface area (TPSA) is 93.9 Å². The Labute approximate surface area is 175 Å². The number of H-pyrrole nitrogens is 2. The Hall–Kier alpha value is -3.56. The van der Waals surface area contributed by atoms with Gasteiger partial charge in [0.2, 0.25) is 5.91 Å². The normalized spacial score (nSPS) is 16.0. The molecule has 0 radical (unpaired) electrons. The van der Waals surface area contributed by atoms with E-state index in [0.29, 0.717) is 30.8 Å². The van der Waals surface area contributed by atoms with Gasteiger partial charge in [-0.1, -0.05) is 0 Å². The largest absolute Gasteiger partial charge is 0.350 e. The molecule has 7 nitrogen and oxygen atoms in total. The van der Waals surface area contributed by atoms with Crippen LogP contribution in [0.3, 0.4) is 0 Å². The molecule has 0 unspecified atom stereocenters. The number of aryl methyl sites for hydroxylation is 2. The first-order valence-corrected chi connectivity index (χ1v) is 9.70. The Balaban J connectivity index is 1.42. The highest BCUT2D eigenvalue weighted by atomic mass is 19.2. The lowest BCUT2D eigenvalue weighted by Crippen LogP contribution is -2.31. The highest BCUT2D eigenvalue weighted by molar-refractivity contribution is 5.96. The number of likely N-dealkylation sites (tertiary alicyclic amines) is 1. The van der Waals surface area contributed by atoms with Gasteiger partial charge in [0, 0.05) is 47.9 Å². The van der Waals surface area contributed by atoms with Gasteiger partial charge in [-0.3, -0.25) is 14.7 Å². The molecule has 1 aromatic carbocycles. The number of rotatable bonds is 4. The molecule has 1 fully saturated rings. The molecule has 0 aliphatic carbocycles. The van der Waals surface area contributed by atoms with Crippen molar-refractivity contribution in [1.82, 2.24) is 20.1 Å². The van der Waals surface area contributed by atoms with Gasteiger partial charge in [0.25, 0.3) is 5.91 Å². The van der Waals surface area contributed by atoms with Crippen molar-refractivity contribution in [3.05, 3.63) is 58.8 Å². The van der Waals surface area contributed by atoms with E-state index in [-0.39, 0.29) is 18.1 Å². The Morgan fingerprint density at radius 1 is 1.16 bits per heavy atom. The molecule has 3 heterocycles. The molecule has 1 aliphatic rings. The van der Waals surface area contributed by atoms with E-state index in [1.54, 1.807) is 17.0 Å². The van der Waals surface area contributed by atoms with Crippen LogP contribution >= 0.6 is 0 Å². The summed E-state index contributed by atoms with van der Waals surface area (Å²) in [5.41, 5.74) is 3.57. The van der Waals surface area contributed by atoms with E-state index in [1.807, 2.05) is 13.8 Å². The average molecular weight is 431 g/mol. The number of carbonyl (C=O) groups excluding carboxylic acids is 2. The molecule has 162 valence electrons. The molecule has 1 saturated heterocycles. The minimum atomic E-state index is -1.60. The van der Waals surface area contributed by atoms with Gasteiger partial charge in [0.1, 0.15) is 5.69 Å². The molecule has 4 rings (SSSR count). The number of halogens is 3. The number of benzene rings is 1. The van der Waals surface area contributed by atoms with Gasteiger partial charge in [-0.25, -0.2) is 13.2 Å². The monoisotopic (exact) mass is 431 g/mol. The summed E-state index contributed by atoms with van der Waals surface area (Å²) in [4.78, 5) is 30.0. The van der Waals surface area contributed by atoms with Gasteiger partial charge < -0.3 is 15.2 Å². The van der Waals surface area contributed by atoms with E-state index in [2.05, 4.69) is 20.5 Å². The summed E-state index contributed by atoms with van der Waals surface area (Å²) in [7, 11) is 0. The zero-order chi connectivity index (χ0) is 22.3. The molecular weight excluding hydrogens is 411 g/mol. The summed E-state index contributed by atoms with van der Waals surface area (Å²) >= 11 is 0. The maximum Gasteiger partial charge on any atom is 0.270 e. The molecule has 2 aromatic heterocycles. The number of aromatic amines is 2. The van der Waals surface area contributed by atoms with Crippen LogP contribution in [0.4, 0.5) is 18.9 Å². The van der Waals surface area contributed by atoms with Crippen molar-refractivity contribution in [2.75, 3.05) is 18.4 Å². The zero-order valence-electron chi connectivity index (χ0n) is 16.9. The molecule has 1 aliphatic heterocycles. The lowest BCUT2D eigenvalue weighted by molar-refractivity contribution is -0.119. The predicted molar refractivity (Wildman–Crippen MR) is 107 cm³/mol. The van der Waals surface area contributed by atoms with Gasteiger partial charge in [0.15, 0.2) is 17.5 Å². The van der Waals surface area contributed by atoms with Crippen molar-refractivity contribution < 1.29 is 22.8 Å². The molecule has 3 N–H and O–H groups in total. The fourth-order valence-corrected chi connectivity index (χ4v) is 3.81. The molecular formula is C21H20F3N5O2. The molecule has 0 saturated carbocycles. The van der Waals surface area contributed by atoms with Crippen LogP contribution in [0.2, 0.25) is 0 Å². The molecule has 10 heteroatoms. The number of nitrogens with zero attached hydrogens (tertiary/aromatic N) is 2. The second-order valence-electron chi connectivity index (χ2n) is 7.57. The summed E-state index contributed by atoms with van der Waals surface area (Å²) in [5.74, 6) is -5.65. The minimum Gasteiger partial charge on any atom is -0.350 e. The van der Waals surface area contributed by atoms with Crippen LogP contribution in [0.5, 0.6) is 0 Å². The fourth-order valence-electron chi connectivity index (χ4n) is 3.81. The van der Waals surface area contributed by atoms with Crippen molar-refractivity contribution in [3.8, 4) is 11.3 Å². The first-order valence-electron chi connectivity index (χ1n) is 9.70. The standard InChI is InChI=1S/C21H20F3N5O2/c1-10-18(11(2)28-27-10)16-3-4-17(26-16)21(31)29-6-5-12(9-29)20(30)25-13-7-14(22)19(24)15(23)8-13/h3-4,7-8,12,26H,5-6,9H2,1-2H3,(H,25,30)(H,27,28)/t12-/m0/s1. The number of nitrogens with one attached hydrogen (secondary N) is 3. The Bertz CT molecular complexity index is 1130. The quantitative estimate of drug-likeness (QED) is 0.552. The lowest BCUT2D eigenvalue weighted by atomic mass is 10.1. The van der Waals surface area contributed by atoms with Crippen molar-refractivity contribution in [1.29, 1.82) is 0 Å². The second-order valence-corrected chi connectivity index (χ2v) is 7.57. The van der Waals surface area contributed by atoms with Crippen LogP contribution in [-0.2, 0) is 4.79 Å². The third-order valence-corrected chi connectivity index (χ3v) is 5.41. The van der Waals surface area contributed by atoms with Crippen LogP contribution in [0.25, 0.3) is 11.3 Å². The van der Waals surface area contributed by atoms with Gasteiger partial charge in [-0.15, -0.1) is 0 Å². The average Bonchev–Trinajstić information content (AvgIpc) is 3.46. The van der Waals surface area contributed by atoms with E-state index in [1.165, 1.54) is 0 Å². The predicted octanol–water partition coefficient (Wildman–Crippen LogP) is 3.54. The van der Waals surface area contributed by atoms with Crippen LogP contribution in [0, 0.1) is 37.2 Å². The van der Waals surface area contributed by atoms with Crippen molar-refractivity contribution in [2.45, 2.75) is 20.3 Å². The maximum absolute atomic E-state index is 13.3. The van der Waals surface area contributed by atoms with Gasteiger partial charge in [-0.2, -0.15) is 5.10 Å². The third kappa shape index (κ3) is 3.92. The molecule has 3 aromatic rings. The molecule has 2 amide bonds. The minimum absolute atomic E-state index is 0.162. The van der Waals surface area contributed by atoms with Crippen LogP contribution in [0.15, 0.2) is 24.3 Å². The third-order valence-electron chi connectivity index (χ3n) is 5.41. The van der Waals surface area contributed by atoms with E-state index < -0.39 is 29.3 Å². The molecule has 1 atom stereocenters. The van der Waals surface area contributed by atoms with Gasteiger partial charge in [-0.05, 0) is 32.4 Å². The smallest absolute Gasteiger partial charge is 0.270 e. The molecule has 0 spiro atoms. The summed E-state index contributed by atoms with van der Waals surface area (Å²) in [6.45, 7) is 4.28. The van der Waals surface area contributed by atoms with Gasteiger partial charge in [0.05, 0.1) is 11.6 Å². The zero-order valence-corrected chi connectivity index (χ0v) is 16.9. The highest BCUT2D eigenvalue weighted by Crippen LogP contribution is 2.26. The fraction of sp³-hybridized carbons (Fsp3) is 0.286. The summed E-state index contributed by atoms with van der Waals surface area (Å²) in [6.07, 6.45) is 0.400. The first-order chi connectivity index (χ1) is 14.7. The number of anilines is 1. The second kappa shape index (κ2) is 7.93. The van der Waals surface area contributed by atoms with Crippen LogP contribution in [-0.4, -0.2) is 45.0 Å². The summed E-state index contributed by atoms with van der Waals surface area (Å²) < 4.78 is 39.8. The number of amides is 2. The highest BCUT2D eigenvalue weighted by Gasteiger charge is 2.32. The number of carbonyl (C=O) groups is 2.